The average Bonchev–Trinajstić information content (AvgIpc) is 2.04. The van der Waals surface area contributed by atoms with Gasteiger partial charge in [0.1, 0.15) is 0 Å². The summed E-state index contributed by atoms with van der Waals surface area (Å²) in [4.78, 5) is 14.1. The van der Waals surface area contributed by atoms with Gasteiger partial charge in [0.25, 0.3) is 0 Å². The molecule has 0 aliphatic heterocycles. The first kappa shape index (κ1) is 7.65. The first-order valence-electron chi connectivity index (χ1n) is 2.85. The second-order valence-corrected chi connectivity index (χ2v) is 1.76. The standard InChI is InChI=1S/C7H5FNO2/c1-11-7(10)6-5(8)3-2-4-9-6/h3-4H,1H3. The van der Waals surface area contributed by atoms with Gasteiger partial charge < -0.3 is 4.74 Å². The largest absolute Gasteiger partial charge is 0.464 e. The molecule has 0 aromatic carbocycles. The van der Waals surface area contributed by atoms with Crippen molar-refractivity contribution < 1.29 is 13.9 Å². The highest BCUT2D eigenvalue weighted by atomic mass is 19.1. The maximum Gasteiger partial charge on any atom is 0.359 e. The van der Waals surface area contributed by atoms with Crippen LogP contribution in [0.3, 0.4) is 0 Å². The van der Waals surface area contributed by atoms with Crippen molar-refractivity contribution >= 4 is 5.97 Å². The molecule has 11 heavy (non-hydrogen) atoms. The van der Waals surface area contributed by atoms with Crippen molar-refractivity contribution in [3.05, 3.63) is 29.8 Å². The number of esters is 1. The molecule has 1 rings (SSSR count). The lowest BCUT2D eigenvalue weighted by molar-refractivity contribution is 0.0588. The summed E-state index contributed by atoms with van der Waals surface area (Å²) in [6.45, 7) is 0. The fraction of sp³-hybridized carbons (Fsp3) is 0.143. The molecule has 0 aliphatic rings. The van der Waals surface area contributed by atoms with Crippen molar-refractivity contribution in [3.63, 3.8) is 0 Å². The topological polar surface area (TPSA) is 39.2 Å². The van der Waals surface area contributed by atoms with E-state index in [2.05, 4.69) is 15.8 Å². The second kappa shape index (κ2) is 3.09. The summed E-state index contributed by atoms with van der Waals surface area (Å²) < 4.78 is 16.9. The summed E-state index contributed by atoms with van der Waals surface area (Å²) in [5, 5.41) is 0. The van der Waals surface area contributed by atoms with Crippen LogP contribution in [0.4, 0.5) is 4.39 Å². The number of hydrogen-bond donors (Lipinski definition) is 0. The van der Waals surface area contributed by atoms with Crippen molar-refractivity contribution in [2.45, 2.75) is 0 Å². The van der Waals surface area contributed by atoms with Gasteiger partial charge in [-0.05, 0) is 6.07 Å². The Kier molecular flexibility index (Phi) is 2.15. The van der Waals surface area contributed by atoms with Gasteiger partial charge in [0.15, 0.2) is 11.5 Å². The van der Waals surface area contributed by atoms with E-state index in [0.29, 0.717) is 0 Å². The summed E-state index contributed by atoms with van der Waals surface area (Å²) in [7, 11) is 1.17. The van der Waals surface area contributed by atoms with Crippen LogP contribution in [0.5, 0.6) is 0 Å². The van der Waals surface area contributed by atoms with E-state index in [-0.39, 0.29) is 5.69 Å². The smallest absolute Gasteiger partial charge is 0.359 e. The van der Waals surface area contributed by atoms with Gasteiger partial charge in [-0.3, -0.25) is 0 Å². The zero-order valence-corrected chi connectivity index (χ0v) is 5.80. The van der Waals surface area contributed by atoms with Crippen molar-refractivity contribution in [1.29, 1.82) is 0 Å². The summed E-state index contributed by atoms with van der Waals surface area (Å²) in [6, 6.07) is 3.41. The molecule has 1 radical (unpaired) electrons. The lowest BCUT2D eigenvalue weighted by atomic mass is 10.3. The molecule has 1 heterocycles. The maximum absolute atomic E-state index is 12.6. The molecule has 0 unspecified atom stereocenters. The average molecular weight is 154 g/mol. The molecule has 57 valence electrons. The highest BCUT2D eigenvalue weighted by Gasteiger charge is 2.11. The van der Waals surface area contributed by atoms with Crippen LogP contribution in [0.1, 0.15) is 10.5 Å². The number of methoxy groups -OCH3 is 1. The zero-order valence-electron chi connectivity index (χ0n) is 5.80. The SMILES string of the molecule is COC(=O)c1nc[c]cc1F. The van der Waals surface area contributed by atoms with Crippen molar-refractivity contribution in [3.8, 4) is 0 Å². The van der Waals surface area contributed by atoms with Crippen LogP contribution in [0, 0.1) is 11.9 Å². The van der Waals surface area contributed by atoms with E-state index in [0.717, 1.165) is 6.07 Å². The number of carbonyl (C=O) groups excluding carboxylic acids is 1. The van der Waals surface area contributed by atoms with E-state index in [1.165, 1.54) is 13.3 Å². The normalized spacial score (nSPS) is 9.27. The van der Waals surface area contributed by atoms with Crippen molar-refractivity contribution in [2.24, 2.45) is 0 Å². The summed E-state index contributed by atoms with van der Waals surface area (Å²) >= 11 is 0. The molecule has 1 aromatic heterocycles. The van der Waals surface area contributed by atoms with E-state index in [1.54, 1.807) is 0 Å². The Balaban J connectivity index is 3.03. The van der Waals surface area contributed by atoms with Gasteiger partial charge >= 0.3 is 5.97 Å². The number of aromatic nitrogens is 1. The van der Waals surface area contributed by atoms with Crippen LogP contribution in [0.15, 0.2) is 12.3 Å². The third kappa shape index (κ3) is 1.52. The molecule has 4 heteroatoms. The Morgan fingerprint density at radius 2 is 2.55 bits per heavy atom. The molecule has 0 fully saturated rings. The van der Waals surface area contributed by atoms with Gasteiger partial charge in [0.05, 0.1) is 7.11 Å². The van der Waals surface area contributed by atoms with E-state index in [1.807, 2.05) is 0 Å². The Bertz CT molecular complexity index is 275. The Morgan fingerprint density at radius 3 is 3.09 bits per heavy atom. The Labute approximate surface area is 62.8 Å². The number of rotatable bonds is 1. The number of halogens is 1. The second-order valence-electron chi connectivity index (χ2n) is 1.76. The van der Waals surface area contributed by atoms with Crippen LogP contribution >= 0.6 is 0 Å². The van der Waals surface area contributed by atoms with Gasteiger partial charge in [-0.25, -0.2) is 14.2 Å². The molecule has 0 saturated carbocycles. The zero-order chi connectivity index (χ0) is 8.27. The van der Waals surface area contributed by atoms with Crippen LogP contribution in [0.25, 0.3) is 0 Å². The van der Waals surface area contributed by atoms with Crippen LogP contribution < -0.4 is 0 Å². The number of nitrogens with zero attached hydrogens (tertiary/aromatic N) is 1. The molecular weight excluding hydrogens is 149 g/mol. The number of ether oxygens (including phenoxy) is 1. The Morgan fingerprint density at radius 1 is 1.82 bits per heavy atom. The van der Waals surface area contributed by atoms with Crippen LogP contribution in [-0.4, -0.2) is 18.1 Å². The molecule has 0 saturated heterocycles. The molecule has 0 N–H and O–H groups in total. The Hall–Kier alpha value is -1.45. The predicted octanol–water partition coefficient (Wildman–Crippen LogP) is 0.807. The van der Waals surface area contributed by atoms with Gasteiger partial charge in [-0.2, -0.15) is 0 Å². The summed E-state index contributed by atoms with van der Waals surface area (Å²) in [6.07, 6.45) is 1.20. The minimum atomic E-state index is -0.781. The quantitative estimate of drug-likeness (QED) is 0.562. The van der Waals surface area contributed by atoms with E-state index in [4.69, 9.17) is 0 Å². The fourth-order valence-corrected chi connectivity index (χ4v) is 0.589. The molecule has 0 bridgehead atoms. The molecule has 0 amide bonds. The van der Waals surface area contributed by atoms with Gasteiger partial charge in [-0.1, -0.05) is 0 Å². The molecule has 1 aromatic rings. The minimum absolute atomic E-state index is 0.314. The number of hydrogen-bond acceptors (Lipinski definition) is 3. The maximum atomic E-state index is 12.6. The van der Waals surface area contributed by atoms with Crippen molar-refractivity contribution in [2.75, 3.05) is 7.11 Å². The lowest BCUT2D eigenvalue weighted by Crippen LogP contribution is -2.06. The number of pyridine rings is 1. The third-order valence-corrected chi connectivity index (χ3v) is 1.08. The van der Waals surface area contributed by atoms with Gasteiger partial charge in [0, 0.05) is 12.3 Å². The first-order valence-corrected chi connectivity index (χ1v) is 2.85. The van der Waals surface area contributed by atoms with Gasteiger partial charge in [0.2, 0.25) is 0 Å². The highest BCUT2D eigenvalue weighted by Crippen LogP contribution is 2.02. The van der Waals surface area contributed by atoms with E-state index in [9.17, 15) is 9.18 Å². The minimum Gasteiger partial charge on any atom is -0.464 e. The highest BCUT2D eigenvalue weighted by molar-refractivity contribution is 5.87. The van der Waals surface area contributed by atoms with E-state index < -0.39 is 11.8 Å². The van der Waals surface area contributed by atoms with Crippen LogP contribution in [0.2, 0.25) is 0 Å². The fourth-order valence-electron chi connectivity index (χ4n) is 0.589. The molecule has 3 nitrogen and oxygen atoms in total. The monoisotopic (exact) mass is 154 g/mol. The van der Waals surface area contributed by atoms with Crippen molar-refractivity contribution in [1.82, 2.24) is 4.98 Å². The third-order valence-electron chi connectivity index (χ3n) is 1.08. The summed E-state index contributed by atoms with van der Waals surface area (Å²) in [5.41, 5.74) is -0.314. The lowest BCUT2D eigenvalue weighted by Gasteiger charge is -1.96. The molecule has 0 aliphatic carbocycles. The molecule has 0 atom stereocenters. The number of carbonyl (C=O) groups is 1. The molecular formula is C7H5FNO2. The summed E-state index contributed by atoms with van der Waals surface area (Å²) in [5.74, 6) is -1.50. The predicted molar refractivity (Wildman–Crippen MR) is 34.4 cm³/mol. The van der Waals surface area contributed by atoms with Gasteiger partial charge in [-0.15, -0.1) is 0 Å². The van der Waals surface area contributed by atoms with E-state index >= 15 is 0 Å². The molecule has 0 spiro atoms. The first-order chi connectivity index (χ1) is 5.25. The van der Waals surface area contributed by atoms with Crippen LogP contribution in [-0.2, 0) is 4.74 Å².